The molecule has 0 unspecified atom stereocenters. The van der Waals surface area contributed by atoms with Crippen LogP contribution in [0.3, 0.4) is 0 Å². The Balaban J connectivity index is 1.25. The summed E-state index contributed by atoms with van der Waals surface area (Å²) < 4.78 is 44.7. The number of anilines is 3. The number of hydrogen-bond acceptors (Lipinski definition) is 2. The fraction of sp³-hybridized carbons (Fsp3) is 0. The molecule has 10 aromatic rings. The van der Waals surface area contributed by atoms with Crippen molar-refractivity contribution in [3.05, 3.63) is 212 Å². The van der Waals surface area contributed by atoms with Gasteiger partial charge in [0.25, 0.3) is 0 Å². The highest BCUT2D eigenvalue weighted by molar-refractivity contribution is 6.19. The lowest BCUT2D eigenvalue weighted by Gasteiger charge is -2.30. The van der Waals surface area contributed by atoms with Gasteiger partial charge in [0.2, 0.25) is 0 Å². The Morgan fingerprint density at radius 2 is 0.926 bits per heavy atom. The third kappa shape index (κ3) is 5.53. The van der Waals surface area contributed by atoms with Crippen molar-refractivity contribution in [3.8, 4) is 44.5 Å². The molecule has 0 aliphatic rings. The van der Waals surface area contributed by atoms with Gasteiger partial charge < -0.3 is 9.32 Å². The Labute approximate surface area is 320 Å². The van der Waals surface area contributed by atoms with Gasteiger partial charge in [0.05, 0.1) is 16.9 Å². The summed E-state index contributed by atoms with van der Waals surface area (Å²) in [7, 11) is 0. The zero-order valence-corrected chi connectivity index (χ0v) is 29.3. The summed E-state index contributed by atoms with van der Waals surface area (Å²) in [6, 6.07) is 61.9. The van der Waals surface area contributed by atoms with Crippen LogP contribution in [0.4, 0.5) is 17.1 Å². The highest BCUT2D eigenvalue weighted by Crippen LogP contribution is 2.47. The van der Waals surface area contributed by atoms with Crippen molar-refractivity contribution in [2.75, 3.05) is 4.90 Å². The number of hydrogen-bond donors (Lipinski definition) is 0. The molecule has 0 fully saturated rings. The highest BCUT2D eigenvalue weighted by Gasteiger charge is 2.23. The van der Waals surface area contributed by atoms with E-state index in [0.717, 1.165) is 66.1 Å². The first kappa shape index (κ1) is 27.5. The van der Waals surface area contributed by atoms with E-state index >= 15 is 0 Å². The predicted octanol–water partition coefficient (Wildman–Crippen LogP) is 14.9. The van der Waals surface area contributed by atoms with E-state index < -0.39 is 0 Å². The number of fused-ring (bicyclic) bond motifs is 5. The van der Waals surface area contributed by atoms with E-state index in [2.05, 4.69) is 72.8 Å². The Bertz CT molecular complexity index is 3130. The Morgan fingerprint density at radius 3 is 1.67 bits per heavy atom. The monoisotopic (exact) mass is 693 g/mol. The zero-order chi connectivity index (χ0) is 39.3. The SMILES string of the molecule is [2H]c1c([2H])c(N(c2ccccc2-c2ccc(-c3ccccc3)cc2)c2ccccc2-c2cccc3oc4c5ccccc5ccc4c23)c([2H])c([2H])c1-c1ccccc1. The second kappa shape index (κ2) is 13.4. The predicted molar refractivity (Wildman–Crippen MR) is 228 cm³/mol. The van der Waals surface area contributed by atoms with Gasteiger partial charge in [-0.15, -0.1) is 0 Å². The maximum atomic E-state index is 9.67. The molecule has 254 valence electrons. The first-order valence-electron chi connectivity index (χ1n) is 20.1. The molecule has 0 aliphatic carbocycles. The van der Waals surface area contributed by atoms with Gasteiger partial charge in [-0.25, -0.2) is 0 Å². The molecule has 0 saturated heterocycles. The molecular formula is C52H35NO. The molecule has 0 atom stereocenters. The Hall–Kier alpha value is -7.16. The van der Waals surface area contributed by atoms with Crippen molar-refractivity contribution in [2.24, 2.45) is 0 Å². The quantitative estimate of drug-likeness (QED) is 0.165. The molecule has 2 heteroatoms. The summed E-state index contributed by atoms with van der Waals surface area (Å²) >= 11 is 0. The molecule has 1 heterocycles. The molecule has 0 bridgehead atoms. The summed E-state index contributed by atoms with van der Waals surface area (Å²) in [5.74, 6) is 0. The number of rotatable bonds is 7. The summed E-state index contributed by atoms with van der Waals surface area (Å²) in [4.78, 5) is 1.92. The molecule has 2 nitrogen and oxygen atoms in total. The van der Waals surface area contributed by atoms with Gasteiger partial charge in [0, 0.05) is 33.0 Å². The van der Waals surface area contributed by atoms with Crippen molar-refractivity contribution in [1.29, 1.82) is 0 Å². The first-order valence-corrected chi connectivity index (χ1v) is 18.1. The van der Waals surface area contributed by atoms with Crippen LogP contribution in [0.5, 0.6) is 0 Å². The van der Waals surface area contributed by atoms with Crippen LogP contribution in [0.15, 0.2) is 217 Å². The van der Waals surface area contributed by atoms with Crippen molar-refractivity contribution in [3.63, 3.8) is 0 Å². The van der Waals surface area contributed by atoms with Gasteiger partial charge in [-0.3, -0.25) is 0 Å². The molecule has 0 N–H and O–H groups in total. The first-order chi connectivity index (χ1) is 28.5. The normalized spacial score (nSPS) is 12.4. The standard InChI is InChI=1S/C52H35NO/c1-3-14-36(15-4-1)38-26-28-41(29-27-38)43-19-9-11-23-48(43)53(42-33-30-39(31-34-42)37-16-5-2-6-17-37)49-24-12-10-21-45(49)46-22-13-25-50-51(46)47-35-32-40-18-7-8-20-44(40)52(47)54-50/h1-35H/i30D,31D,33D,34D. The van der Waals surface area contributed by atoms with E-state index in [9.17, 15) is 5.48 Å². The van der Waals surface area contributed by atoms with E-state index in [1.54, 1.807) is 0 Å². The van der Waals surface area contributed by atoms with Gasteiger partial charge in [-0.05, 0) is 75.1 Å². The van der Waals surface area contributed by atoms with Crippen LogP contribution in [-0.4, -0.2) is 0 Å². The fourth-order valence-electron chi connectivity index (χ4n) is 7.60. The molecule has 0 radical (unpaired) electrons. The summed E-state index contributed by atoms with van der Waals surface area (Å²) in [5, 5.41) is 4.07. The van der Waals surface area contributed by atoms with Crippen LogP contribution in [0.2, 0.25) is 0 Å². The zero-order valence-electron chi connectivity index (χ0n) is 33.3. The van der Waals surface area contributed by atoms with E-state index in [-0.39, 0.29) is 35.4 Å². The number of para-hydroxylation sites is 2. The Kier molecular flexibility index (Phi) is 6.84. The van der Waals surface area contributed by atoms with Gasteiger partial charge in [0.1, 0.15) is 11.2 Å². The third-order valence-electron chi connectivity index (χ3n) is 10.2. The van der Waals surface area contributed by atoms with E-state index in [0.29, 0.717) is 16.9 Å². The number of benzene rings is 9. The lowest BCUT2D eigenvalue weighted by atomic mass is 9.95. The second-order valence-electron chi connectivity index (χ2n) is 13.3. The average Bonchev–Trinajstić information content (AvgIpc) is 3.68. The van der Waals surface area contributed by atoms with Crippen molar-refractivity contribution in [2.45, 2.75) is 0 Å². The van der Waals surface area contributed by atoms with Crippen molar-refractivity contribution in [1.82, 2.24) is 0 Å². The molecule has 54 heavy (non-hydrogen) atoms. The molecular weight excluding hydrogens is 655 g/mol. The van der Waals surface area contributed by atoms with Crippen LogP contribution in [-0.2, 0) is 0 Å². The fourth-order valence-corrected chi connectivity index (χ4v) is 7.60. The maximum absolute atomic E-state index is 9.67. The summed E-state index contributed by atoms with van der Waals surface area (Å²) in [5.41, 5.74) is 9.84. The van der Waals surface area contributed by atoms with Crippen LogP contribution in [0, 0.1) is 0 Å². The van der Waals surface area contributed by atoms with Gasteiger partial charge in [-0.1, -0.05) is 176 Å². The van der Waals surface area contributed by atoms with E-state index in [1.807, 2.05) is 120 Å². The minimum atomic E-state index is -0.137. The third-order valence-corrected chi connectivity index (χ3v) is 10.2. The molecule has 0 aliphatic heterocycles. The topological polar surface area (TPSA) is 16.4 Å². The molecule has 9 aromatic carbocycles. The van der Waals surface area contributed by atoms with Crippen LogP contribution in [0.1, 0.15) is 5.48 Å². The highest BCUT2D eigenvalue weighted by atomic mass is 16.3. The molecule has 1 aromatic heterocycles. The van der Waals surface area contributed by atoms with Crippen molar-refractivity contribution >= 4 is 49.8 Å². The van der Waals surface area contributed by atoms with Crippen LogP contribution < -0.4 is 4.90 Å². The smallest absolute Gasteiger partial charge is 0.143 e. The maximum Gasteiger partial charge on any atom is 0.143 e. The number of furan rings is 1. The van der Waals surface area contributed by atoms with E-state index in [4.69, 9.17) is 4.42 Å². The largest absolute Gasteiger partial charge is 0.455 e. The number of nitrogens with zero attached hydrogens (tertiary/aromatic N) is 1. The average molecular weight is 694 g/mol. The van der Waals surface area contributed by atoms with Crippen LogP contribution >= 0.6 is 0 Å². The molecule has 0 amide bonds. The van der Waals surface area contributed by atoms with Gasteiger partial charge >= 0.3 is 0 Å². The van der Waals surface area contributed by atoms with Gasteiger partial charge in [-0.2, -0.15) is 0 Å². The van der Waals surface area contributed by atoms with Crippen molar-refractivity contribution < 1.29 is 9.90 Å². The minimum absolute atomic E-state index is 0.107. The van der Waals surface area contributed by atoms with Crippen LogP contribution in [0.25, 0.3) is 77.2 Å². The Morgan fingerprint density at radius 1 is 0.370 bits per heavy atom. The molecule has 0 saturated carbocycles. The summed E-state index contributed by atoms with van der Waals surface area (Å²) in [6.45, 7) is 0. The van der Waals surface area contributed by atoms with Gasteiger partial charge in [0.15, 0.2) is 0 Å². The lowest BCUT2D eigenvalue weighted by molar-refractivity contribution is 0.673. The minimum Gasteiger partial charge on any atom is -0.455 e. The lowest BCUT2D eigenvalue weighted by Crippen LogP contribution is -2.12. The second-order valence-corrected chi connectivity index (χ2v) is 13.3. The molecule has 10 rings (SSSR count). The summed E-state index contributed by atoms with van der Waals surface area (Å²) in [6.07, 6.45) is 0. The van der Waals surface area contributed by atoms with E-state index in [1.165, 1.54) is 0 Å². The molecule has 0 spiro atoms.